The van der Waals surface area contributed by atoms with Crippen LogP contribution >= 0.6 is 11.6 Å². The van der Waals surface area contributed by atoms with Crippen molar-refractivity contribution in [1.29, 1.82) is 0 Å². The standard InChI is InChI=1S/C13H17ClN2O3/c1-2-5-15-9-6-11(7-9)19-13-8-10(16(17)18)3-4-12(13)14/h3-4,8-9,11,15H,2,5-7H2,1H3. The lowest BCUT2D eigenvalue weighted by molar-refractivity contribution is -0.385. The Morgan fingerprint density at radius 1 is 1.53 bits per heavy atom. The number of non-ortho nitro benzene ring substituents is 1. The summed E-state index contributed by atoms with van der Waals surface area (Å²) in [4.78, 5) is 10.3. The first kappa shape index (κ1) is 14.1. The minimum Gasteiger partial charge on any atom is -0.488 e. The van der Waals surface area contributed by atoms with Gasteiger partial charge in [0.1, 0.15) is 11.9 Å². The van der Waals surface area contributed by atoms with Gasteiger partial charge in [0.05, 0.1) is 16.0 Å². The van der Waals surface area contributed by atoms with Gasteiger partial charge in [0.15, 0.2) is 0 Å². The summed E-state index contributed by atoms with van der Waals surface area (Å²) < 4.78 is 5.71. The molecule has 0 aliphatic heterocycles. The highest BCUT2D eigenvalue weighted by Crippen LogP contribution is 2.33. The molecule has 0 aromatic heterocycles. The van der Waals surface area contributed by atoms with Crippen LogP contribution in [0.1, 0.15) is 26.2 Å². The summed E-state index contributed by atoms with van der Waals surface area (Å²) in [5.41, 5.74) is -0.000573. The van der Waals surface area contributed by atoms with Crippen LogP contribution in [-0.4, -0.2) is 23.6 Å². The first-order valence-corrected chi connectivity index (χ1v) is 6.82. The quantitative estimate of drug-likeness (QED) is 0.644. The largest absolute Gasteiger partial charge is 0.488 e. The van der Waals surface area contributed by atoms with Crippen LogP contribution in [-0.2, 0) is 0 Å². The second kappa shape index (κ2) is 6.21. The SMILES string of the molecule is CCCNC1CC(Oc2cc([N+](=O)[O-])ccc2Cl)C1. The van der Waals surface area contributed by atoms with Gasteiger partial charge in [-0.1, -0.05) is 18.5 Å². The molecule has 19 heavy (non-hydrogen) atoms. The Kier molecular flexibility index (Phi) is 4.61. The van der Waals surface area contributed by atoms with E-state index in [0.29, 0.717) is 16.8 Å². The summed E-state index contributed by atoms with van der Waals surface area (Å²) in [6.45, 7) is 3.14. The fraction of sp³-hybridized carbons (Fsp3) is 0.538. The van der Waals surface area contributed by atoms with Crippen LogP contribution < -0.4 is 10.1 Å². The van der Waals surface area contributed by atoms with Crippen molar-refractivity contribution in [1.82, 2.24) is 5.32 Å². The van der Waals surface area contributed by atoms with E-state index < -0.39 is 4.92 Å². The molecular weight excluding hydrogens is 268 g/mol. The Morgan fingerprint density at radius 3 is 2.89 bits per heavy atom. The molecule has 0 atom stereocenters. The molecule has 1 N–H and O–H groups in total. The lowest BCUT2D eigenvalue weighted by atomic mass is 9.89. The molecule has 2 rings (SSSR count). The fourth-order valence-corrected chi connectivity index (χ4v) is 2.21. The van der Waals surface area contributed by atoms with Crippen LogP contribution in [0.15, 0.2) is 18.2 Å². The lowest BCUT2D eigenvalue weighted by Crippen LogP contribution is -2.47. The second-order valence-corrected chi connectivity index (χ2v) is 5.14. The molecule has 1 aromatic carbocycles. The minimum atomic E-state index is -0.449. The van der Waals surface area contributed by atoms with Crippen LogP contribution in [0.2, 0.25) is 5.02 Å². The molecule has 0 bridgehead atoms. The zero-order valence-electron chi connectivity index (χ0n) is 10.8. The van der Waals surface area contributed by atoms with Crippen LogP contribution in [0.5, 0.6) is 5.75 Å². The third-order valence-corrected chi connectivity index (χ3v) is 3.51. The van der Waals surface area contributed by atoms with Crippen LogP contribution in [0.3, 0.4) is 0 Å². The molecule has 6 heteroatoms. The molecule has 1 aliphatic carbocycles. The van der Waals surface area contributed by atoms with E-state index in [1.807, 2.05) is 0 Å². The predicted octanol–water partition coefficient (Wildman–Crippen LogP) is 3.16. The first-order chi connectivity index (χ1) is 9.10. The fourth-order valence-electron chi connectivity index (χ4n) is 2.05. The van der Waals surface area contributed by atoms with Gasteiger partial charge in [0.2, 0.25) is 0 Å². The van der Waals surface area contributed by atoms with Crippen molar-refractivity contribution in [2.24, 2.45) is 0 Å². The van der Waals surface area contributed by atoms with Crippen molar-refractivity contribution in [3.05, 3.63) is 33.3 Å². The molecule has 1 fully saturated rings. The van der Waals surface area contributed by atoms with Gasteiger partial charge in [0.25, 0.3) is 5.69 Å². The topological polar surface area (TPSA) is 64.4 Å². The number of benzene rings is 1. The number of nitro benzene ring substituents is 1. The van der Waals surface area contributed by atoms with E-state index in [2.05, 4.69) is 12.2 Å². The van der Waals surface area contributed by atoms with Gasteiger partial charge in [-0.25, -0.2) is 0 Å². The summed E-state index contributed by atoms with van der Waals surface area (Å²) in [7, 11) is 0. The van der Waals surface area contributed by atoms with Crippen LogP contribution in [0, 0.1) is 10.1 Å². The zero-order valence-corrected chi connectivity index (χ0v) is 11.5. The zero-order chi connectivity index (χ0) is 13.8. The number of nitrogens with zero attached hydrogens (tertiary/aromatic N) is 1. The number of halogens is 1. The van der Waals surface area contributed by atoms with E-state index in [0.717, 1.165) is 25.8 Å². The molecule has 104 valence electrons. The third kappa shape index (κ3) is 3.58. The van der Waals surface area contributed by atoms with Crippen molar-refractivity contribution in [2.75, 3.05) is 6.54 Å². The summed E-state index contributed by atoms with van der Waals surface area (Å²) in [6.07, 6.45) is 3.03. The van der Waals surface area contributed by atoms with Crippen LogP contribution in [0.25, 0.3) is 0 Å². The highest BCUT2D eigenvalue weighted by atomic mass is 35.5. The molecule has 0 radical (unpaired) electrons. The van der Waals surface area contributed by atoms with E-state index in [1.165, 1.54) is 18.2 Å². The maximum absolute atomic E-state index is 10.7. The summed E-state index contributed by atoms with van der Waals surface area (Å²) in [6, 6.07) is 4.75. The average Bonchev–Trinajstić information content (AvgIpc) is 2.33. The first-order valence-electron chi connectivity index (χ1n) is 6.44. The Balaban J connectivity index is 1.90. The van der Waals surface area contributed by atoms with Crippen molar-refractivity contribution in [3.8, 4) is 5.75 Å². The minimum absolute atomic E-state index is 0.000573. The second-order valence-electron chi connectivity index (χ2n) is 4.73. The van der Waals surface area contributed by atoms with Gasteiger partial charge in [-0.05, 0) is 31.9 Å². The normalized spacial score (nSPS) is 21.8. The molecule has 0 heterocycles. The Bertz CT molecular complexity index is 461. The number of nitrogens with one attached hydrogen (secondary N) is 1. The summed E-state index contributed by atoms with van der Waals surface area (Å²) in [5.74, 6) is 0.398. The monoisotopic (exact) mass is 284 g/mol. The number of ether oxygens (including phenoxy) is 1. The molecule has 1 aromatic rings. The van der Waals surface area contributed by atoms with Crippen molar-refractivity contribution >= 4 is 17.3 Å². The van der Waals surface area contributed by atoms with Gasteiger partial charge in [-0.15, -0.1) is 0 Å². The molecule has 1 saturated carbocycles. The van der Waals surface area contributed by atoms with Gasteiger partial charge < -0.3 is 10.1 Å². The number of rotatable bonds is 6. The van der Waals surface area contributed by atoms with Gasteiger partial charge >= 0.3 is 0 Å². The molecule has 0 unspecified atom stereocenters. The van der Waals surface area contributed by atoms with E-state index in [-0.39, 0.29) is 11.8 Å². The molecule has 0 amide bonds. The number of nitro groups is 1. The Morgan fingerprint density at radius 2 is 2.26 bits per heavy atom. The molecule has 5 nitrogen and oxygen atoms in total. The summed E-state index contributed by atoms with van der Waals surface area (Å²) >= 11 is 5.98. The lowest BCUT2D eigenvalue weighted by Gasteiger charge is -2.36. The van der Waals surface area contributed by atoms with Crippen molar-refractivity contribution < 1.29 is 9.66 Å². The van der Waals surface area contributed by atoms with Gasteiger partial charge in [0, 0.05) is 12.1 Å². The van der Waals surface area contributed by atoms with E-state index in [1.54, 1.807) is 0 Å². The predicted molar refractivity (Wildman–Crippen MR) is 73.8 cm³/mol. The highest BCUT2D eigenvalue weighted by Gasteiger charge is 2.30. The molecule has 0 spiro atoms. The average molecular weight is 285 g/mol. The Labute approximate surface area is 117 Å². The van der Waals surface area contributed by atoms with Crippen molar-refractivity contribution in [3.63, 3.8) is 0 Å². The van der Waals surface area contributed by atoms with Crippen LogP contribution in [0.4, 0.5) is 5.69 Å². The van der Waals surface area contributed by atoms with E-state index >= 15 is 0 Å². The van der Waals surface area contributed by atoms with E-state index in [4.69, 9.17) is 16.3 Å². The smallest absolute Gasteiger partial charge is 0.273 e. The van der Waals surface area contributed by atoms with E-state index in [9.17, 15) is 10.1 Å². The highest BCUT2D eigenvalue weighted by molar-refractivity contribution is 6.32. The van der Waals surface area contributed by atoms with Gasteiger partial charge in [-0.2, -0.15) is 0 Å². The summed E-state index contributed by atoms with van der Waals surface area (Å²) in [5, 5.41) is 14.5. The number of hydrogen-bond acceptors (Lipinski definition) is 4. The maximum atomic E-state index is 10.7. The van der Waals surface area contributed by atoms with Gasteiger partial charge in [-0.3, -0.25) is 10.1 Å². The molecule has 0 saturated heterocycles. The van der Waals surface area contributed by atoms with Crippen molar-refractivity contribution in [2.45, 2.75) is 38.3 Å². The third-order valence-electron chi connectivity index (χ3n) is 3.20. The molecule has 1 aliphatic rings. The number of hydrogen-bond donors (Lipinski definition) is 1. The Hall–Kier alpha value is -1.33. The molecular formula is C13H17ClN2O3. The maximum Gasteiger partial charge on any atom is 0.273 e.